The maximum absolute atomic E-state index is 13.2. The summed E-state index contributed by atoms with van der Waals surface area (Å²) in [6.07, 6.45) is 3.47. The molecular formula is C17H21FINS. The number of nitrogens with one attached hydrogen (secondary N) is 1. The van der Waals surface area contributed by atoms with Crippen LogP contribution in [0.4, 0.5) is 4.39 Å². The molecule has 1 N–H and O–H groups in total. The Balaban J connectivity index is 2.22. The normalized spacial score (nSPS) is 12.6. The molecule has 21 heavy (non-hydrogen) atoms. The van der Waals surface area contributed by atoms with Gasteiger partial charge in [-0.3, -0.25) is 0 Å². The molecule has 0 radical (unpaired) electrons. The van der Waals surface area contributed by atoms with E-state index in [0.29, 0.717) is 6.04 Å². The van der Waals surface area contributed by atoms with Crippen molar-refractivity contribution in [3.8, 4) is 10.4 Å². The molecular weight excluding hydrogens is 396 g/mol. The van der Waals surface area contributed by atoms with Gasteiger partial charge in [0.15, 0.2) is 0 Å². The van der Waals surface area contributed by atoms with Crippen LogP contribution in [0.1, 0.15) is 44.0 Å². The first-order chi connectivity index (χ1) is 10.2. The Kier molecular flexibility index (Phi) is 6.64. The highest BCUT2D eigenvalue weighted by Gasteiger charge is 2.14. The molecule has 1 aromatic heterocycles. The van der Waals surface area contributed by atoms with Gasteiger partial charge in [0.2, 0.25) is 0 Å². The molecule has 1 aromatic carbocycles. The summed E-state index contributed by atoms with van der Waals surface area (Å²) in [6.45, 7) is 5.46. The molecule has 0 saturated carbocycles. The Morgan fingerprint density at radius 3 is 2.67 bits per heavy atom. The second kappa shape index (κ2) is 8.25. The molecule has 1 nitrogen and oxygen atoms in total. The summed E-state index contributed by atoms with van der Waals surface area (Å²) >= 11 is 4.02. The van der Waals surface area contributed by atoms with Gasteiger partial charge < -0.3 is 5.32 Å². The van der Waals surface area contributed by atoms with Gasteiger partial charge in [-0.05, 0) is 72.3 Å². The van der Waals surface area contributed by atoms with Gasteiger partial charge >= 0.3 is 0 Å². The van der Waals surface area contributed by atoms with Crippen LogP contribution in [0.5, 0.6) is 0 Å². The molecule has 1 unspecified atom stereocenters. The van der Waals surface area contributed by atoms with E-state index in [2.05, 4.69) is 53.9 Å². The molecule has 0 spiro atoms. The molecule has 0 aliphatic rings. The third kappa shape index (κ3) is 4.50. The molecule has 2 rings (SSSR count). The molecule has 0 aliphatic carbocycles. The topological polar surface area (TPSA) is 12.0 Å². The molecule has 0 bridgehead atoms. The van der Waals surface area contributed by atoms with E-state index in [9.17, 15) is 4.39 Å². The lowest BCUT2D eigenvalue weighted by atomic mass is 10.1. The van der Waals surface area contributed by atoms with Crippen molar-refractivity contribution in [3.05, 3.63) is 44.6 Å². The predicted molar refractivity (Wildman–Crippen MR) is 98.4 cm³/mol. The maximum atomic E-state index is 13.2. The van der Waals surface area contributed by atoms with Crippen molar-refractivity contribution in [2.45, 2.75) is 39.2 Å². The van der Waals surface area contributed by atoms with Crippen LogP contribution in [0.25, 0.3) is 10.4 Å². The first-order valence-corrected chi connectivity index (χ1v) is 9.33. The van der Waals surface area contributed by atoms with Crippen LogP contribution in [0.3, 0.4) is 0 Å². The van der Waals surface area contributed by atoms with Gasteiger partial charge in [0.1, 0.15) is 5.82 Å². The number of rotatable bonds is 7. The van der Waals surface area contributed by atoms with Gasteiger partial charge in [-0.2, -0.15) is 0 Å². The van der Waals surface area contributed by atoms with Crippen molar-refractivity contribution in [1.82, 2.24) is 5.32 Å². The van der Waals surface area contributed by atoms with Crippen LogP contribution in [-0.4, -0.2) is 6.54 Å². The fourth-order valence-electron chi connectivity index (χ4n) is 2.33. The summed E-state index contributed by atoms with van der Waals surface area (Å²) in [5, 5.41) is 3.62. The van der Waals surface area contributed by atoms with E-state index < -0.39 is 0 Å². The van der Waals surface area contributed by atoms with Gasteiger partial charge in [-0.25, -0.2) is 4.39 Å². The van der Waals surface area contributed by atoms with Crippen LogP contribution in [-0.2, 0) is 0 Å². The molecule has 2 aromatic rings. The van der Waals surface area contributed by atoms with Crippen LogP contribution in [0.2, 0.25) is 0 Å². The van der Waals surface area contributed by atoms with E-state index in [-0.39, 0.29) is 5.82 Å². The first kappa shape index (κ1) is 16.9. The van der Waals surface area contributed by atoms with Crippen molar-refractivity contribution in [2.24, 2.45) is 0 Å². The monoisotopic (exact) mass is 417 g/mol. The lowest BCUT2D eigenvalue weighted by molar-refractivity contribution is 0.501. The number of halogens is 2. The Bertz CT molecular complexity index is 582. The van der Waals surface area contributed by atoms with E-state index in [4.69, 9.17) is 0 Å². The van der Waals surface area contributed by atoms with Gasteiger partial charge in [0.25, 0.3) is 0 Å². The fourth-order valence-corrected chi connectivity index (χ4v) is 4.43. The number of hydrogen-bond acceptors (Lipinski definition) is 2. The van der Waals surface area contributed by atoms with Crippen LogP contribution in [0.15, 0.2) is 30.3 Å². The summed E-state index contributed by atoms with van der Waals surface area (Å²) < 4.78 is 14.2. The van der Waals surface area contributed by atoms with Crippen molar-refractivity contribution in [3.63, 3.8) is 0 Å². The number of hydrogen-bond donors (Lipinski definition) is 1. The summed E-state index contributed by atoms with van der Waals surface area (Å²) in [4.78, 5) is 2.59. The smallest absolute Gasteiger partial charge is 0.124 e. The second-order valence-electron chi connectivity index (χ2n) is 5.12. The quantitative estimate of drug-likeness (QED) is 0.545. The summed E-state index contributed by atoms with van der Waals surface area (Å²) in [5.74, 6) is -0.173. The molecule has 114 valence electrons. The minimum absolute atomic E-state index is 0.173. The Labute approximate surface area is 144 Å². The zero-order chi connectivity index (χ0) is 15.2. The van der Waals surface area contributed by atoms with Crippen molar-refractivity contribution in [2.75, 3.05) is 6.54 Å². The summed E-state index contributed by atoms with van der Waals surface area (Å²) in [7, 11) is 0. The van der Waals surface area contributed by atoms with E-state index in [0.717, 1.165) is 28.5 Å². The SMILES string of the molecule is CCCNC(CCC)c1ccc(-c2ccc(F)cc2I)s1. The molecule has 0 fully saturated rings. The zero-order valence-corrected chi connectivity index (χ0v) is 15.4. The largest absolute Gasteiger partial charge is 0.309 e. The summed E-state index contributed by atoms with van der Waals surface area (Å²) in [5.41, 5.74) is 1.12. The van der Waals surface area contributed by atoms with E-state index in [1.54, 1.807) is 6.07 Å². The van der Waals surface area contributed by atoms with Crippen LogP contribution < -0.4 is 5.32 Å². The van der Waals surface area contributed by atoms with Crippen LogP contribution >= 0.6 is 33.9 Å². The van der Waals surface area contributed by atoms with Gasteiger partial charge in [0.05, 0.1) is 0 Å². The Morgan fingerprint density at radius 1 is 1.19 bits per heavy atom. The van der Waals surface area contributed by atoms with Gasteiger partial charge in [0, 0.05) is 24.9 Å². The highest BCUT2D eigenvalue weighted by Crippen LogP contribution is 2.35. The fraction of sp³-hybridized carbons (Fsp3) is 0.412. The minimum Gasteiger partial charge on any atom is -0.309 e. The average molecular weight is 417 g/mol. The average Bonchev–Trinajstić information content (AvgIpc) is 2.93. The summed E-state index contributed by atoms with van der Waals surface area (Å²) in [6, 6.07) is 9.81. The van der Waals surface area contributed by atoms with E-state index in [1.807, 2.05) is 17.4 Å². The predicted octanol–water partition coefficient (Wildman–Crippen LogP) is 6.00. The Morgan fingerprint density at radius 2 is 2.00 bits per heavy atom. The Hall–Kier alpha value is -0.460. The van der Waals surface area contributed by atoms with E-state index in [1.165, 1.54) is 22.2 Å². The van der Waals surface area contributed by atoms with E-state index >= 15 is 0 Å². The molecule has 1 heterocycles. The molecule has 0 saturated heterocycles. The lowest BCUT2D eigenvalue weighted by Gasteiger charge is -2.16. The van der Waals surface area contributed by atoms with Crippen molar-refractivity contribution >= 4 is 33.9 Å². The number of thiophene rings is 1. The lowest BCUT2D eigenvalue weighted by Crippen LogP contribution is -2.21. The third-order valence-electron chi connectivity index (χ3n) is 3.38. The minimum atomic E-state index is -0.173. The molecule has 1 atom stereocenters. The highest BCUT2D eigenvalue weighted by atomic mass is 127. The van der Waals surface area contributed by atoms with Crippen LogP contribution in [0, 0.1) is 9.39 Å². The number of benzene rings is 1. The van der Waals surface area contributed by atoms with Gasteiger partial charge in [-0.15, -0.1) is 11.3 Å². The first-order valence-electron chi connectivity index (χ1n) is 7.44. The standard InChI is InChI=1S/C17H21FINS/c1-3-5-15(20-10-4-2)17-9-8-16(21-17)13-7-6-12(18)11-14(13)19/h6-9,11,15,20H,3-5,10H2,1-2H3. The second-order valence-corrected chi connectivity index (χ2v) is 7.40. The van der Waals surface area contributed by atoms with Crippen molar-refractivity contribution < 1.29 is 4.39 Å². The third-order valence-corrected chi connectivity index (χ3v) is 5.51. The maximum Gasteiger partial charge on any atom is 0.124 e. The van der Waals surface area contributed by atoms with Gasteiger partial charge in [-0.1, -0.05) is 20.3 Å². The van der Waals surface area contributed by atoms with Crippen molar-refractivity contribution in [1.29, 1.82) is 0 Å². The highest BCUT2D eigenvalue weighted by molar-refractivity contribution is 14.1. The molecule has 4 heteroatoms. The zero-order valence-electron chi connectivity index (χ0n) is 12.5. The molecule has 0 amide bonds. The molecule has 0 aliphatic heterocycles.